The molecule has 0 heterocycles. The van der Waals surface area contributed by atoms with E-state index in [2.05, 4.69) is 12.2 Å². The summed E-state index contributed by atoms with van der Waals surface area (Å²) in [6.45, 7) is 11.7. The summed E-state index contributed by atoms with van der Waals surface area (Å²) in [4.78, 5) is 13.6. The molecule has 1 fully saturated rings. The molecule has 0 saturated heterocycles. The van der Waals surface area contributed by atoms with Crippen LogP contribution in [0.5, 0.6) is 0 Å². The fourth-order valence-electron chi connectivity index (χ4n) is 2.31. The molecule has 0 aromatic carbocycles. The molecule has 0 aromatic rings. The van der Waals surface area contributed by atoms with E-state index >= 15 is 0 Å². The molecule has 1 aliphatic rings. The van der Waals surface area contributed by atoms with Crippen molar-refractivity contribution < 1.29 is 9.53 Å². The molecule has 1 amide bonds. The Morgan fingerprint density at radius 1 is 1.38 bits per heavy atom. The van der Waals surface area contributed by atoms with Gasteiger partial charge >= 0.3 is 6.09 Å². The molecule has 0 aliphatic heterocycles. The number of nitrogens with one attached hydrogen (secondary N) is 1. The zero-order chi connectivity index (χ0) is 16.3. The Balaban J connectivity index is 2.39. The van der Waals surface area contributed by atoms with E-state index in [0.717, 1.165) is 25.4 Å². The van der Waals surface area contributed by atoms with Crippen molar-refractivity contribution in [3.63, 3.8) is 0 Å². The van der Waals surface area contributed by atoms with Crippen LogP contribution in [0.2, 0.25) is 0 Å². The molecular weight excluding hydrogens is 266 g/mol. The van der Waals surface area contributed by atoms with Gasteiger partial charge in [-0.05, 0) is 71.9 Å². The van der Waals surface area contributed by atoms with Crippen LogP contribution >= 0.6 is 0 Å². The molecule has 124 valence electrons. The summed E-state index contributed by atoms with van der Waals surface area (Å²) < 4.78 is 5.38. The van der Waals surface area contributed by atoms with Crippen LogP contribution in [-0.4, -0.2) is 42.4 Å². The Labute approximate surface area is 129 Å². The van der Waals surface area contributed by atoms with Crippen molar-refractivity contribution in [2.45, 2.75) is 65.1 Å². The van der Waals surface area contributed by atoms with E-state index in [1.807, 2.05) is 27.7 Å². The predicted molar refractivity (Wildman–Crippen MR) is 86.0 cm³/mol. The number of rotatable bonds is 7. The zero-order valence-electron chi connectivity index (χ0n) is 14.5. The molecule has 1 rings (SSSR count). The first-order chi connectivity index (χ1) is 9.51. The fourth-order valence-corrected chi connectivity index (χ4v) is 2.31. The molecule has 0 spiro atoms. The lowest BCUT2D eigenvalue weighted by molar-refractivity contribution is 0.00513. The van der Waals surface area contributed by atoms with Crippen molar-refractivity contribution in [1.29, 1.82) is 0 Å². The van der Waals surface area contributed by atoms with Gasteiger partial charge in [0, 0.05) is 7.05 Å². The van der Waals surface area contributed by atoms with Gasteiger partial charge < -0.3 is 15.8 Å². The number of nitrogens with zero attached hydrogens (tertiary/aromatic N) is 1. The minimum absolute atomic E-state index is 0.370. The molecule has 5 nitrogen and oxygen atoms in total. The highest BCUT2D eigenvalue weighted by Gasteiger charge is 2.33. The van der Waals surface area contributed by atoms with E-state index in [-0.39, 0.29) is 6.09 Å². The number of nitrogens with two attached hydrogens (primary N) is 1. The Morgan fingerprint density at radius 3 is 2.43 bits per heavy atom. The predicted octanol–water partition coefficient (Wildman–Crippen LogP) is 2.55. The highest BCUT2D eigenvalue weighted by Crippen LogP contribution is 2.27. The van der Waals surface area contributed by atoms with E-state index in [4.69, 9.17) is 10.5 Å². The smallest absolute Gasteiger partial charge is 0.411 e. The van der Waals surface area contributed by atoms with Crippen molar-refractivity contribution in [3.05, 3.63) is 0 Å². The lowest BCUT2D eigenvalue weighted by Gasteiger charge is -2.38. The largest absolute Gasteiger partial charge is 0.444 e. The van der Waals surface area contributed by atoms with Gasteiger partial charge in [0.1, 0.15) is 5.60 Å². The average Bonchev–Trinajstić information content (AvgIpc) is 3.08. The third kappa shape index (κ3) is 7.14. The molecule has 2 unspecified atom stereocenters. The quantitative estimate of drug-likeness (QED) is 0.709. The maximum absolute atomic E-state index is 12.1. The molecule has 1 saturated carbocycles. The average molecular weight is 299 g/mol. The van der Waals surface area contributed by atoms with Gasteiger partial charge in [-0.2, -0.15) is 0 Å². The summed E-state index contributed by atoms with van der Waals surface area (Å²) in [6, 6.07) is 0. The highest BCUT2D eigenvalue weighted by atomic mass is 16.6. The second kappa shape index (κ2) is 6.97. The van der Waals surface area contributed by atoms with Gasteiger partial charge in [-0.25, -0.2) is 4.79 Å². The summed E-state index contributed by atoms with van der Waals surface area (Å²) >= 11 is 0. The molecule has 0 aromatic heterocycles. The maximum Gasteiger partial charge on any atom is 0.411 e. The fraction of sp³-hybridized carbons (Fsp3) is 0.938. The highest BCUT2D eigenvalue weighted by molar-refractivity contribution is 5.68. The molecular formula is C16H33N3O2. The number of hydrogen-bond acceptors (Lipinski definition) is 4. The van der Waals surface area contributed by atoms with Gasteiger partial charge in [0.15, 0.2) is 0 Å². The third-order valence-electron chi connectivity index (χ3n) is 3.82. The minimum atomic E-state index is -0.705. The lowest BCUT2D eigenvalue weighted by atomic mass is 9.97. The third-order valence-corrected chi connectivity index (χ3v) is 3.82. The molecule has 2 atom stereocenters. The normalized spacial score (nSPS) is 19.8. The van der Waals surface area contributed by atoms with E-state index in [9.17, 15) is 4.79 Å². The van der Waals surface area contributed by atoms with Gasteiger partial charge in [0.05, 0.1) is 5.66 Å². The van der Waals surface area contributed by atoms with Gasteiger partial charge in [-0.3, -0.25) is 4.90 Å². The van der Waals surface area contributed by atoms with Crippen LogP contribution < -0.4 is 11.1 Å². The van der Waals surface area contributed by atoms with Gasteiger partial charge in [-0.1, -0.05) is 6.92 Å². The van der Waals surface area contributed by atoms with Crippen LogP contribution in [0.25, 0.3) is 0 Å². The van der Waals surface area contributed by atoms with Gasteiger partial charge in [0.25, 0.3) is 0 Å². The van der Waals surface area contributed by atoms with Crippen LogP contribution in [0.3, 0.4) is 0 Å². The topological polar surface area (TPSA) is 67.6 Å². The monoisotopic (exact) mass is 299 g/mol. The standard InChI is InChI=1S/C16H33N3O2/c1-12(10-18-11-13-7-8-13)9-16(5,17)19(6)14(20)21-15(2,3)4/h12-13,18H,7-11,17H2,1-6H3. The molecule has 1 aliphatic carbocycles. The van der Waals surface area contributed by atoms with Crippen molar-refractivity contribution in [1.82, 2.24) is 10.2 Å². The van der Waals surface area contributed by atoms with Crippen molar-refractivity contribution >= 4 is 6.09 Å². The first-order valence-electron chi connectivity index (χ1n) is 7.97. The summed E-state index contributed by atoms with van der Waals surface area (Å²) in [7, 11) is 1.71. The zero-order valence-corrected chi connectivity index (χ0v) is 14.5. The van der Waals surface area contributed by atoms with E-state index in [1.54, 1.807) is 7.05 Å². The molecule has 21 heavy (non-hydrogen) atoms. The molecule has 3 N–H and O–H groups in total. The maximum atomic E-state index is 12.1. The van der Waals surface area contributed by atoms with Crippen LogP contribution in [-0.2, 0) is 4.74 Å². The number of amides is 1. The lowest BCUT2D eigenvalue weighted by Crippen LogP contribution is -2.56. The first kappa shape index (κ1) is 18.2. The number of hydrogen-bond donors (Lipinski definition) is 2. The Morgan fingerprint density at radius 2 is 1.95 bits per heavy atom. The minimum Gasteiger partial charge on any atom is -0.444 e. The Hall–Kier alpha value is -0.810. The number of carbonyl (C=O) groups is 1. The van der Waals surface area contributed by atoms with Crippen molar-refractivity contribution in [2.24, 2.45) is 17.6 Å². The van der Waals surface area contributed by atoms with Gasteiger partial charge in [-0.15, -0.1) is 0 Å². The number of ether oxygens (including phenoxy) is 1. The van der Waals surface area contributed by atoms with Crippen LogP contribution in [0.15, 0.2) is 0 Å². The Bertz CT molecular complexity index is 346. The van der Waals surface area contributed by atoms with Gasteiger partial charge in [0.2, 0.25) is 0 Å². The van der Waals surface area contributed by atoms with E-state index in [1.165, 1.54) is 17.7 Å². The molecule has 0 bridgehead atoms. The number of carbonyl (C=O) groups excluding carboxylic acids is 1. The van der Waals surface area contributed by atoms with Crippen molar-refractivity contribution in [3.8, 4) is 0 Å². The second-order valence-corrected chi connectivity index (χ2v) is 7.81. The SMILES string of the molecule is CC(CNCC1CC1)CC(C)(N)N(C)C(=O)OC(C)(C)C. The second-order valence-electron chi connectivity index (χ2n) is 7.81. The Kier molecular flexibility index (Phi) is 6.05. The summed E-state index contributed by atoms with van der Waals surface area (Å²) in [5, 5.41) is 3.49. The summed E-state index contributed by atoms with van der Waals surface area (Å²) in [5.41, 5.74) is 5.12. The summed E-state index contributed by atoms with van der Waals surface area (Å²) in [6.07, 6.45) is 3.08. The first-order valence-corrected chi connectivity index (χ1v) is 7.97. The van der Waals surface area contributed by atoms with Crippen LogP contribution in [0.4, 0.5) is 4.79 Å². The summed E-state index contributed by atoms with van der Waals surface area (Å²) in [5.74, 6) is 1.29. The molecule has 0 radical (unpaired) electrons. The molecule has 5 heteroatoms. The van der Waals surface area contributed by atoms with E-state index < -0.39 is 11.3 Å². The van der Waals surface area contributed by atoms with E-state index in [0.29, 0.717) is 5.92 Å². The van der Waals surface area contributed by atoms with Crippen LogP contribution in [0, 0.1) is 11.8 Å². The van der Waals surface area contributed by atoms with Crippen LogP contribution in [0.1, 0.15) is 53.9 Å². The van der Waals surface area contributed by atoms with Crippen molar-refractivity contribution in [2.75, 3.05) is 20.1 Å².